The molecule has 0 spiro atoms. The molecule has 1 radical (unpaired) electrons. The third kappa shape index (κ3) is 2.95. The van der Waals surface area contributed by atoms with Gasteiger partial charge in [-0.25, -0.2) is 0 Å². The van der Waals surface area contributed by atoms with Crippen molar-refractivity contribution in [3.05, 3.63) is 30.3 Å². The van der Waals surface area contributed by atoms with E-state index in [0.717, 1.165) is 12.4 Å². The first-order chi connectivity index (χ1) is 5.83. The number of hydrogen-bond donors (Lipinski definition) is 0. The Labute approximate surface area is 74.4 Å². The second kappa shape index (κ2) is 4.81. The summed E-state index contributed by atoms with van der Waals surface area (Å²) in [5, 5.41) is 0. The van der Waals surface area contributed by atoms with Gasteiger partial charge in [-0.05, 0) is 24.1 Å². The summed E-state index contributed by atoms with van der Waals surface area (Å²) < 4.78 is 5.54. The molecule has 0 heterocycles. The van der Waals surface area contributed by atoms with E-state index in [2.05, 4.69) is 19.9 Å². The maximum atomic E-state index is 5.54. The van der Waals surface area contributed by atoms with Crippen molar-refractivity contribution in [1.82, 2.24) is 0 Å². The highest BCUT2D eigenvalue weighted by atomic mass is 16.5. The van der Waals surface area contributed by atoms with Gasteiger partial charge in [0.2, 0.25) is 0 Å². The van der Waals surface area contributed by atoms with Crippen LogP contribution < -0.4 is 4.74 Å². The van der Waals surface area contributed by atoms with Crippen molar-refractivity contribution >= 4 is 0 Å². The zero-order chi connectivity index (χ0) is 8.81. The fraction of sp³-hybridized carbons (Fsp3) is 0.455. The summed E-state index contributed by atoms with van der Waals surface area (Å²) >= 11 is 0. The summed E-state index contributed by atoms with van der Waals surface area (Å²) in [6.07, 6.45) is 1.17. The van der Waals surface area contributed by atoms with Crippen LogP contribution in [0.4, 0.5) is 0 Å². The summed E-state index contributed by atoms with van der Waals surface area (Å²) in [6.45, 7) is 5.17. The molecule has 0 aliphatic carbocycles. The first-order valence-corrected chi connectivity index (χ1v) is 4.42. The molecule has 0 bridgehead atoms. The minimum Gasteiger partial charge on any atom is -0.493 e. The fourth-order valence-electron chi connectivity index (χ4n) is 0.824. The molecule has 0 fully saturated rings. The van der Waals surface area contributed by atoms with Gasteiger partial charge in [-0.15, -0.1) is 0 Å². The van der Waals surface area contributed by atoms with Gasteiger partial charge in [-0.2, -0.15) is 0 Å². The van der Waals surface area contributed by atoms with Gasteiger partial charge in [0.1, 0.15) is 5.75 Å². The summed E-state index contributed by atoms with van der Waals surface area (Å²) in [7, 11) is 0. The number of benzene rings is 1. The van der Waals surface area contributed by atoms with E-state index >= 15 is 0 Å². The molecule has 0 aliphatic heterocycles. The average Bonchev–Trinajstić information content (AvgIpc) is 2.16. The number of ether oxygens (including phenoxy) is 1. The number of hydrogen-bond acceptors (Lipinski definition) is 1. The van der Waals surface area contributed by atoms with Crippen molar-refractivity contribution in [1.29, 1.82) is 0 Å². The van der Waals surface area contributed by atoms with Crippen LogP contribution >= 0.6 is 0 Å². The number of rotatable bonds is 4. The third-order valence-electron chi connectivity index (χ3n) is 1.92. The lowest BCUT2D eigenvalue weighted by atomic mass is 10.1. The zero-order valence-electron chi connectivity index (χ0n) is 7.71. The molecule has 0 amide bonds. The molecule has 1 aromatic carbocycles. The SMILES string of the molecule is CC[C@@H](C)COc1cc[c]cc1. The molecule has 1 atom stereocenters. The van der Waals surface area contributed by atoms with Crippen LogP contribution in [-0.2, 0) is 0 Å². The van der Waals surface area contributed by atoms with E-state index in [0.29, 0.717) is 5.92 Å². The highest BCUT2D eigenvalue weighted by molar-refractivity contribution is 5.20. The molecule has 12 heavy (non-hydrogen) atoms. The predicted molar refractivity (Wildman–Crippen MR) is 50.2 cm³/mol. The summed E-state index contributed by atoms with van der Waals surface area (Å²) in [5.41, 5.74) is 0. The molecular weight excluding hydrogens is 148 g/mol. The van der Waals surface area contributed by atoms with Gasteiger partial charge >= 0.3 is 0 Å². The molecule has 0 aromatic heterocycles. The van der Waals surface area contributed by atoms with Crippen molar-refractivity contribution in [3.8, 4) is 5.75 Å². The van der Waals surface area contributed by atoms with Gasteiger partial charge in [-0.3, -0.25) is 0 Å². The molecule has 0 N–H and O–H groups in total. The Hall–Kier alpha value is -0.980. The van der Waals surface area contributed by atoms with E-state index in [4.69, 9.17) is 4.74 Å². The third-order valence-corrected chi connectivity index (χ3v) is 1.92. The van der Waals surface area contributed by atoms with E-state index in [1.807, 2.05) is 24.3 Å². The maximum absolute atomic E-state index is 5.54. The Morgan fingerprint density at radius 2 is 2.08 bits per heavy atom. The Bertz CT molecular complexity index is 206. The van der Waals surface area contributed by atoms with Gasteiger partial charge in [0.25, 0.3) is 0 Å². The summed E-state index contributed by atoms with van der Waals surface area (Å²) in [6, 6.07) is 10.6. The van der Waals surface area contributed by atoms with E-state index in [-0.39, 0.29) is 0 Å². The standard InChI is InChI=1S/C11H15O/c1-3-10(2)9-12-11-7-5-4-6-8-11/h5-8,10H,3,9H2,1-2H3/t10-/m1/s1. The maximum Gasteiger partial charge on any atom is 0.119 e. The van der Waals surface area contributed by atoms with Gasteiger partial charge in [0.05, 0.1) is 6.61 Å². The van der Waals surface area contributed by atoms with Crippen LogP contribution in [0.25, 0.3) is 0 Å². The van der Waals surface area contributed by atoms with E-state index in [9.17, 15) is 0 Å². The highest BCUT2D eigenvalue weighted by Gasteiger charge is 1.98. The highest BCUT2D eigenvalue weighted by Crippen LogP contribution is 2.10. The minimum atomic E-state index is 0.634. The van der Waals surface area contributed by atoms with E-state index < -0.39 is 0 Å². The fourth-order valence-corrected chi connectivity index (χ4v) is 0.824. The summed E-state index contributed by atoms with van der Waals surface area (Å²) in [4.78, 5) is 0. The molecule has 0 aliphatic rings. The summed E-state index contributed by atoms with van der Waals surface area (Å²) in [5.74, 6) is 1.57. The van der Waals surface area contributed by atoms with Crippen LogP contribution in [0.5, 0.6) is 5.75 Å². The van der Waals surface area contributed by atoms with Crippen LogP contribution in [0.1, 0.15) is 20.3 Å². The Kier molecular flexibility index (Phi) is 3.65. The van der Waals surface area contributed by atoms with Gasteiger partial charge < -0.3 is 4.74 Å². The molecular formula is C11H15O. The second-order valence-corrected chi connectivity index (χ2v) is 3.06. The topological polar surface area (TPSA) is 9.23 Å². The lowest BCUT2D eigenvalue weighted by Gasteiger charge is -2.10. The molecule has 0 saturated carbocycles. The molecule has 0 unspecified atom stereocenters. The van der Waals surface area contributed by atoms with Gasteiger partial charge in [-0.1, -0.05) is 32.4 Å². The van der Waals surface area contributed by atoms with Gasteiger partial charge in [0.15, 0.2) is 0 Å². The molecule has 1 rings (SSSR count). The van der Waals surface area contributed by atoms with Gasteiger partial charge in [0, 0.05) is 0 Å². The normalized spacial score (nSPS) is 12.5. The second-order valence-electron chi connectivity index (χ2n) is 3.06. The van der Waals surface area contributed by atoms with Crippen LogP contribution in [0.3, 0.4) is 0 Å². The van der Waals surface area contributed by atoms with Crippen LogP contribution in [-0.4, -0.2) is 6.61 Å². The monoisotopic (exact) mass is 163 g/mol. The molecule has 1 heteroatoms. The molecule has 1 aromatic rings. The quantitative estimate of drug-likeness (QED) is 0.663. The Morgan fingerprint density at radius 1 is 1.42 bits per heavy atom. The molecule has 1 nitrogen and oxygen atoms in total. The van der Waals surface area contributed by atoms with Crippen LogP contribution in [0, 0.1) is 12.0 Å². The van der Waals surface area contributed by atoms with Crippen LogP contribution in [0.15, 0.2) is 24.3 Å². The van der Waals surface area contributed by atoms with E-state index in [1.54, 1.807) is 0 Å². The van der Waals surface area contributed by atoms with Crippen molar-refractivity contribution in [2.45, 2.75) is 20.3 Å². The Balaban J connectivity index is 2.33. The van der Waals surface area contributed by atoms with E-state index in [1.165, 1.54) is 6.42 Å². The van der Waals surface area contributed by atoms with Crippen molar-refractivity contribution < 1.29 is 4.74 Å². The smallest absolute Gasteiger partial charge is 0.119 e. The largest absolute Gasteiger partial charge is 0.493 e. The first-order valence-electron chi connectivity index (χ1n) is 4.42. The Morgan fingerprint density at radius 3 is 2.67 bits per heavy atom. The zero-order valence-corrected chi connectivity index (χ0v) is 7.71. The lowest BCUT2D eigenvalue weighted by Crippen LogP contribution is -2.06. The predicted octanol–water partition coefficient (Wildman–Crippen LogP) is 2.91. The lowest BCUT2D eigenvalue weighted by molar-refractivity contribution is 0.256. The van der Waals surface area contributed by atoms with Crippen molar-refractivity contribution in [3.63, 3.8) is 0 Å². The average molecular weight is 163 g/mol. The molecule has 65 valence electrons. The van der Waals surface area contributed by atoms with Crippen molar-refractivity contribution in [2.24, 2.45) is 5.92 Å². The van der Waals surface area contributed by atoms with Crippen molar-refractivity contribution in [2.75, 3.05) is 6.61 Å². The van der Waals surface area contributed by atoms with Crippen LogP contribution in [0.2, 0.25) is 0 Å². The first kappa shape index (κ1) is 9.11. The minimum absolute atomic E-state index is 0.634. The molecule has 0 saturated heterocycles.